The average molecular weight is 432 g/mol. The van der Waals surface area contributed by atoms with Crippen molar-refractivity contribution in [1.82, 2.24) is 4.90 Å². The predicted molar refractivity (Wildman–Crippen MR) is 114 cm³/mol. The van der Waals surface area contributed by atoms with E-state index in [4.69, 9.17) is 4.74 Å². The quantitative estimate of drug-likeness (QED) is 0.732. The molecule has 30 heavy (non-hydrogen) atoms. The number of amides is 2. The molecule has 2 amide bonds. The molecule has 0 atom stereocenters. The Bertz CT molecular complexity index is 1030. The first-order chi connectivity index (χ1) is 14.3. The standard InChI is InChI=1S/C21H25N3O5S/c1-15(25)24-12-10-16(11-13-24)21(26)22-17-6-5-7-18(14-17)30(27,28)23-19-8-3-4-9-20(19)29-2/h3-9,14,16,23H,10-13H2,1-2H3,(H,22,26). The van der Waals surface area contributed by atoms with Crippen LogP contribution in [-0.2, 0) is 19.6 Å². The van der Waals surface area contributed by atoms with Crippen LogP contribution in [0.1, 0.15) is 19.8 Å². The molecule has 1 aliphatic heterocycles. The number of rotatable bonds is 6. The summed E-state index contributed by atoms with van der Waals surface area (Å²) in [5, 5.41) is 2.80. The van der Waals surface area contributed by atoms with Gasteiger partial charge in [-0.2, -0.15) is 0 Å². The molecule has 2 aromatic rings. The van der Waals surface area contributed by atoms with Crippen molar-refractivity contribution < 1.29 is 22.7 Å². The van der Waals surface area contributed by atoms with Crippen LogP contribution in [0.15, 0.2) is 53.4 Å². The summed E-state index contributed by atoms with van der Waals surface area (Å²) in [5.41, 5.74) is 0.726. The van der Waals surface area contributed by atoms with Crippen LogP contribution in [0.2, 0.25) is 0 Å². The van der Waals surface area contributed by atoms with E-state index in [1.807, 2.05) is 0 Å². The first kappa shape index (κ1) is 21.6. The maximum absolute atomic E-state index is 12.8. The third-order valence-electron chi connectivity index (χ3n) is 5.07. The minimum Gasteiger partial charge on any atom is -0.495 e. The molecule has 8 nitrogen and oxygen atoms in total. The molecular weight excluding hydrogens is 406 g/mol. The van der Waals surface area contributed by atoms with Gasteiger partial charge < -0.3 is 15.0 Å². The van der Waals surface area contributed by atoms with Crippen LogP contribution in [-0.4, -0.2) is 45.3 Å². The van der Waals surface area contributed by atoms with Crippen LogP contribution < -0.4 is 14.8 Å². The zero-order valence-corrected chi connectivity index (χ0v) is 17.7. The number of para-hydroxylation sites is 2. The molecular formula is C21H25N3O5S. The average Bonchev–Trinajstić information content (AvgIpc) is 2.74. The summed E-state index contributed by atoms with van der Waals surface area (Å²) < 4.78 is 33.3. The summed E-state index contributed by atoms with van der Waals surface area (Å²) >= 11 is 0. The highest BCUT2D eigenvalue weighted by Gasteiger charge is 2.26. The Kier molecular flexibility index (Phi) is 6.61. The van der Waals surface area contributed by atoms with Gasteiger partial charge in [-0.05, 0) is 43.2 Å². The second-order valence-electron chi connectivity index (χ2n) is 7.10. The number of methoxy groups -OCH3 is 1. The maximum atomic E-state index is 12.8. The maximum Gasteiger partial charge on any atom is 0.262 e. The molecule has 2 aromatic carbocycles. The van der Waals surface area contributed by atoms with Crippen LogP contribution in [0.5, 0.6) is 5.75 Å². The fourth-order valence-corrected chi connectivity index (χ4v) is 4.49. The second kappa shape index (κ2) is 9.17. The summed E-state index contributed by atoms with van der Waals surface area (Å²) in [6, 6.07) is 12.8. The van der Waals surface area contributed by atoms with Crippen molar-refractivity contribution in [2.45, 2.75) is 24.7 Å². The van der Waals surface area contributed by atoms with Crippen molar-refractivity contribution in [2.75, 3.05) is 30.2 Å². The van der Waals surface area contributed by atoms with E-state index in [1.54, 1.807) is 41.3 Å². The lowest BCUT2D eigenvalue weighted by molar-refractivity contribution is -0.132. The molecule has 0 unspecified atom stereocenters. The molecule has 0 saturated carbocycles. The number of carbonyl (C=O) groups excluding carboxylic acids is 2. The van der Waals surface area contributed by atoms with Gasteiger partial charge in [0, 0.05) is 31.6 Å². The summed E-state index contributed by atoms with van der Waals surface area (Å²) in [6.07, 6.45) is 1.16. The molecule has 1 saturated heterocycles. The molecule has 0 radical (unpaired) electrons. The lowest BCUT2D eigenvalue weighted by atomic mass is 9.96. The molecule has 1 heterocycles. The number of sulfonamides is 1. The van der Waals surface area contributed by atoms with Crippen molar-refractivity contribution in [3.63, 3.8) is 0 Å². The largest absolute Gasteiger partial charge is 0.495 e. The van der Waals surface area contributed by atoms with E-state index in [-0.39, 0.29) is 22.6 Å². The molecule has 160 valence electrons. The topological polar surface area (TPSA) is 105 Å². The van der Waals surface area contributed by atoms with Crippen LogP contribution >= 0.6 is 0 Å². The van der Waals surface area contributed by atoms with Crippen LogP contribution in [0.3, 0.4) is 0 Å². The Morgan fingerprint density at radius 1 is 1.07 bits per heavy atom. The van der Waals surface area contributed by atoms with Gasteiger partial charge in [0.25, 0.3) is 10.0 Å². The van der Waals surface area contributed by atoms with E-state index in [0.29, 0.717) is 43.1 Å². The van der Waals surface area contributed by atoms with Crippen molar-refractivity contribution >= 4 is 33.2 Å². The fraction of sp³-hybridized carbons (Fsp3) is 0.333. The number of nitrogens with one attached hydrogen (secondary N) is 2. The third kappa shape index (κ3) is 5.10. The number of carbonyl (C=O) groups is 2. The van der Waals surface area contributed by atoms with Crippen molar-refractivity contribution in [3.8, 4) is 5.75 Å². The summed E-state index contributed by atoms with van der Waals surface area (Å²) in [6.45, 7) is 2.61. The summed E-state index contributed by atoms with van der Waals surface area (Å²) in [5.74, 6) is 0.0229. The fourth-order valence-electron chi connectivity index (χ4n) is 3.37. The first-order valence-electron chi connectivity index (χ1n) is 9.62. The van der Waals surface area contributed by atoms with Gasteiger partial charge in [-0.1, -0.05) is 18.2 Å². The van der Waals surface area contributed by atoms with Gasteiger partial charge in [0.1, 0.15) is 5.75 Å². The highest BCUT2D eigenvalue weighted by Crippen LogP contribution is 2.27. The van der Waals surface area contributed by atoms with Gasteiger partial charge in [0.15, 0.2) is 0 Å². The molecule has 1 fully saturated rings. The van der Waals surface area contributed by atoms with Crippen LogP contribution in [0, 0.1) is 5.92 Å². The smallest absolute Gasteiger partial charge is 0.262 e. The zero-order chi connectivity index (χ0) is 21.7. The van der Waals surface area contributed by atoms with Crippen molar-refractivity contribution in [3.05, 3.63) is 48.5 Å². The molecule has 2 N–H and O–H groups in total. The van der Waals surface area contributed by atoms with Gasteiger partial charge in [0.05, 0.1) is 17.7 Å². The molecule has 3 rings (SSSR count). The van der Waals surface area contributed by atoms with Gasteiger partial charge in [-0.25, -0.2) is 8.42 Å². The lowest BCUT2D eigenvalue weighted by Crippen LogP contribution is -2.40. The Morgan fingerprint density at radius 2 is 1.77 bits per heavy atom. The summed E-state index contributed by atoms with van der Waals surface area (Å²) in [7, 11) is -2.41. The van der Waals surface area contributed by atoms with E-state index in [9.17, 15) is 18.0 Å². The lowest BCUT2D eigenvalue weighted by Gasteiger charge is -2.30. The first-order valence-corrected chi connectivity index (χ1v) is 11.1. The van der Waals surface area contributed by atoms with Crippen molar-refractivity contribution in [2.24, 2.45) is 5.92 Å². The zero-order valence-electron chi connectivity index (χ0n) is 16.9. The summed E-state index contributed by atoms with van der Waals surface area (Å²) in [4.78, 5) is 25.8. The predicted octanol–water partition coefficient (Wildman–Crippen LogP) is 2.69. The van der Waals surface area contributed by atoms with E-state index in [2.05, 4.69) is 10.0 Å². The Labute approximate surface area is 176 Å². The number of piperidine rings is 1. The number of hydrogen-bond donors (Lipinski definition) is 2. The Hall–Kier alpha value is -3.07. The van der Waals surface area contributed by atoms with Gasteiger partial charge in [0.2, 0.25) is 11.8 Å². The molecule has 1 aliphatic rings. The Morgan fingerprint density at radius 3 is 2.43 bits per heavy atom. The number of hydrogen-bond acceptors (Lipinski definition) is 5. The van der Waals surface area contributed by atoms with E-state index >= 15 is 0 Å². The number of anilines is 2. The normalized spacial score (nSPS) is 14.8. The van der Waals surface area contributed by atoms with Gasteiger partial charge in [-0.3, -0.25) is 14.3 Å². The number of nitrogens with zero attached hydrogens (tertiary/aromatic N) is 1. The minimum absolute atomic E-state index is 0.00862. The van der Waals surface area contributed by atoms with Crippen LogP contribution in [0.25, 0.3) is 0 Å². The third-order valence-corrected chi connectivity index (χ3v) is 6.44. The SMILES string of the molecule is COc1ccccc1NS(=O)(=O)c1cccc(NC(=O)C2CCN(C(C)=O)CC2)c1. The molecule has 9 heteroatoms. The number of ether oxygens (including phenoxy) is 1. The van der Waals surface area contributed by atoms with Gasteiger partial charge >= 0.3 is 0 Å². The molecule has 0 aromatic heterocycles. The Balaban J connectivity index is 1.70. The second-order valence-corrected chi connectivity index (χ2v) is 8.79. The van der Waals surface area contributed by atoms with Crippen molar-refractivity contribution in [1.29, 1.82) is 0 Å². The van der Waals surface area contributed by atoms with E-state index in [0.717, 1.165) is 0 Å². The monoisotopic (exact) mass is 431 g/mol. The van der Waals surface area contributed by atoms with E-state index in [1.165, 1.54) is 26.2 Å². The number of benzene rings is 2. The van der Waals surface area contributed by atoms with Crippen LogP contribution in [0.4, 0.5) is 11.4 Å². The van der Waals surface area contributed by atoms with E-state index < -0.39 is 10.0 Å². The molecule has 0 spiro atoms. The number of likely N-dealkylation sites (tertiary alicyclic amines) is 1. The highest BCUT2D eigenvalue weighted by atomic mass is 32.2. The highest BCUT2D eigenvalue weighted by molar-refractivity contribution is 7.92. The minimum atomic E-state index is -3.87. The van der Waals surface area contributed by atoms with Gasteiger partial charge in [-0.15, -0.1) is 0 Å². The molecule has 0 bridgehead atoms. The molecule has 0 aliphatic carbocycles.